The minimum absolute atomic E-state index is 0.0591. The van der Waals surface area contributed by atoms with E-state index in [1.165, 1.54) is 0 Å². The minimum Gasteiger partial charge on any atom is -0.497 e. The molecule has 4 nitrogen and oxygen atoms in total. The molecule has 0 bridgehead atoms. The summed E-state index contributed by atoms with van der Waals surface area (Å²) >= 11 is 0. The first-order valence-electron chi connectivity index (χ1n) is 6.97. The van der Waals surface area contributed by atoms with Gasteiger partial charge in [0.2, 0.25) is 0 Å². The van der Waals surface area contributed by atoms with Crippen molar-refractivity contribution in [3.05, 3.63) is 23.3 Å². The van der Waals surface area contributed by atoms with Crippen molar-refractivity contribution in [1.29, 1.82) is 0 Å². The van der Waals surface area contributed by atoms with Crippen LogP contribution in [0.4, 0.5) is 0 Å². The number of ether oxygens (including phenoxy) is 2. The van der Waals surface area contributed by atoms with Gasteiger partial charge in [0.1, 0.15) is 17.3 Å². The van der Waals surface area contributed by atoms with E-state index in [2.05, 4.69) is 0 Å². The van der Waals surface area contributed by atoms with Crippen molar-refractivity contribution in [3.63, 3.8) is 0 Å². The molecule has 2 aliphatic rings. The van der Waals surface area contributed by atoms with Crippen molar-refractivity contribution in [2.75, 3.05) is 14.2 Å². The highest BCUT2D eigenvalue weighted by Gasteiger charge is 2.42. The summed E-state index contributed by atoms with van der Waals surface area (Å²) in [5.74, 6) is 1.19. The summed E-state index contributed by atoms with van der Waals surface area (Å²) in [6.45, 7) is 0. The number of carbonyl (C=O) groups is 2. The molecule has 0 amide bonds. The second-order valence-corrected chi connectivity index (χ2v) is 5.50. The number of benzene rings is 1. The molecular formula is C16H18O4. The normalized spacial score (nSPS) is 24.9. The van der Waals surface area contributed by atoms with Crippen LogP contribution in [0.3, 0.4) is 0 Å². The Bertz CT molecular complexity index is 576. The summed E-state index contributed by atoms with van der Waals surface area (Å²) in [4.78, 5) is 24.8. The number of ketones is 2. The summed E-state index contributed by atoms with van der Waals surface area (Å²) < 4.78 is 10.6. The van der Waals surface area contributed by atoms with Crippen LogP contribution in [0.25, 0.3) is 0 Å². The first kappa shape index (κ1) is 13.2. The molecule has 20 heavy (non-hydrogen) atoms. The van der Waals surface area contributed by atoms with Crippen LogP contribution in [-0.4, -0.2) is 25.8 Å². The smallest absolute Gasteiger partial charge is 0.170 e. The first-order valence-corrected chi connectivity index (χ1v) is 6.97. The molecule has 4 heteroatoms. The van der Waals surface area contributed by atoms with E-state index in [0.29, 0.717) is 29.9 Å². The quantitative estimate of drug-likeness (QED) is 0.831. The van der Waals surface area contributed by atoms with E-state index in [0.717, 1.165) is 18.4 Å². The van der Waals surface area contributed by atoms with Crippen molar-refractivity contribution in [3.8, 4) is 11.5 Å². The predicted octanol–water partition coefficient (Wildman–Crippen LogP) is 2.43. The molecule has 1 fully saturated rings. The number of fused-ring (bicyclic) bond motifs is 2. The molecule has 0 radical (unpaired) electrons. The van der Waals surface area contributed by atoms with Gasteiger partial charge in [-0.2, -0.15) is 0 Å². The second-order valence-electron chi connectivity index (χ2n) is 5.50. The topological polar surface area (TPSA) is 52.6 Å². The number of Topliss-reactive ketones (excluding diaryl/α,β-unsaturated/α-hetero) is 2. The summed E-state index contributed by atoms with van der Waals surface area (Å²) in [5.41, 5.74) is 1.52. The minimum atomic E-state index is -0.161. The van der Waals surface area contributed by atoms with Crippen LogP contribution in [0.2, 0.25) is 0 Å². The fourth-order valence-electron chi connectivity index (χ4n) is 3.46. The summed E-state index contributed by atoms with van der Waals surface area (Å²) in [7, 11) is 3.14. The average molecular weight is 274 g/mol. The van der Waals surface area contributed by atoms with Gasteiger partial charge in [-0.15, -0.1) is 0 Å². The molecule has 1 aromatic rings. The molecule has 3 rings (SSSR count). The number of methoxy groups -OCH3 is 2. The van der Waals surface area contributed by atoms with Crippen molar-refractivity contribution >= 4 is 11.6 Å². The lowest BCUT2D eigenvalue weighted by atomic mass is 9.67. The predicted molar refractivity (Wildman–Crippen MR) is 73.4 cm³/mol. The molecule has 0 N–H and O–H groups in total. The van der Waals surface area contributed by atoms with Crippen LogP contribution in [0.15, 0.2) is 12.1 Å². The Kier molecular flexibility index (Phi) is 3.24. The van der Waals surface area contributed by atoms with E-state index in [9.17, 15) is 9.59 Å². The summed E-state index contributed by atoms with van der Waals surface area (Å²) in [6, 6.07) is 3.59. The number of carbonyl (C=O) groups excluding carboxylic acids is 2. The van der Waals surface area contributed by atoms with Gasteiger partial charge in [-0.3, -0.25) is 9.59 Å². The van der Waals surface area contributed by atoms with Crippen LogP contribution in [0.1, 0.15) is 35.2 Å². The maximum atomic E-state index is 12.7. The zero-order valence-corrected chi connectivity index (χ0v) is 11.8. The van der Waals surface area contributed by atoms with Crippen molar-refractivity contribution in [2.24, 2.45) is 11.8 Å². The van der Waals surface area contributed by atoms with Crippen molar-refractivity contribution < 1.29 is 19.1 Å². The number of hydrogen-bond acceptors (Lipinski definition) is 4. The van der Waals surface area contributed by atoms with Gasteiger partial charge in [0.15, 0.2) is 5.78 Å². The molecule has 0 aliphatic heterocycles. The summed E-state index contributed by atoms with van der Waals surface area (Å²) in [5, 5.41) is 0. The molecule has 1 aromatic carbocycles. The maximum absolute atomic E-state index is 12.7. The molecule has 0 heterocycles. The van der Waals surface area contributed by atoms with Crippen LogP contribution in [0.5, 0.6) is 11.5 Å². The first-order chi connectivity index (χ1) is 9.65. The monoisotopic (exact) mass is 274 g/mol. The lowest BCUT2D eigenvalue weighted by Crippen LogP contribution is -2.39. The molecule has 106 valence electrons. The Morgan fingerprint density at radius 1 is 1.10 bits per heavy atom. The number of rotatable bonds is 2. The van der Waals surface area contributed by atoms with Crippen LogP contribution < -0.4 is 9.47 Å². The fourth-order valence-corrected chi connectivity index (χ4v) is 3.46. The SMILES string of the molecule is COc1cc2c(c(OC)c1)C(=O)[C@@H]1CCCC(=O)[C@H]1C2. The zero-order valence-electron chi connectivity index (χ0n) is 11.8. The Hall–Kier alpha value is -1.84. The molecule has 2 aliphatic carbocycles. The van der Waals surface area contributed by atoms with E-state index >= 15 is 0 Å². The standard InChI is InChI=1S/C16H18O4/c1-19-10-6-9-7-12-11(4-3-5-13(12)17)16(18)15(9)14(8-10)20-2/h6,8,11-12H,3-5,7H2,1-2H3/t11-,12+/m1/s1. The highest BCUT2D eigenvalue weighted by Crippen LogP contribution is 2.42. The lowest BCUT2D eigenvalue weighted by molar-refractivity contribution is -0.126. The fraction of sp³-hybridized carbons (Fsp3) is 0.500. The van der Waals surface area contributed by atoms with E-state index in [-0.39, 0.29) is 23.4 Å². The highest BCUT2D eigenvalue weighted by molar-refractivity contribution is 6.06. The van der Waals surface area contributed by atoms with E-state index in [1.54, 1.807) is 20.3 Å². The Labute approximate surface area is 118 Å². The Morgan fingerprint density at radius 2 is 1.90 bits per heavy atom. The zero-order chi connectivity index (χ0) is 14.3. The summed E-state index contributed by atoms with van der Waals surface area (Å²) in [6.07, 6.45) is 2.85. The average Bonchev–Trinajstić information content (AvgIpc) is 2.47. The van der Waals surface area contributed by atoms with Gasteiger partial charge in [-0.1, -0.05) is 0 Å². The second kappa shape index (κ2) is 4.93. The van der Waals surface area contributed by atoms with Gasteiger partial charge in [0.25, 0.3) is 0 Å². The molecule has 2 atom stereocenters. The van der Waals surface area contributed by atoms with Gasteiger partial charge < -0.3 is 9.47 Å². The molecular weight excluding hydrogens is 256 g/mol. The number of hydrogen-bond donors (Lipinski definition) is 0. The van der Waals surface area contributed by atoms with Crippen molar-refractivity contribution in [2.45, 2.75) is 25.7 Å². The van der Waals surface area contributed by atoms with Gasteiger partial charge in [-0.05, 0) is 30.9 Å². The molecule has 1 saturated carbocycles. The Morgan fingerprint density at radius 3 is 2.60 bits per heavy atom. The van der Waals surface area contributed by atoms with Gasteiger partial charge in [-0.25, -0.2) is 0 Å². The van der Waals surface area contributed by atoms with Crippen LogP contribution >= 0.6 is 0 Å². The molecule has 0 aromatic heterocycles. The highest BCUT2D eigenvalue weighted by atomic mass is 16.5. The molecule has 0 saturated heterocycles. The third-order valence-electron chi connectivity index (χ3n) is 4.47. The van der Waals surface area contributed by atoms with Gasteiger partial charge >= 0.3 is 0 Å². The third kappa shape index (κ3) is 1.90. The van der Waals surface area contributed by atoms with Crippen molar-refractivity contribution in [1.82, 2.24) is 0 Å². The maximum Gasteiger partial charge on any atom is 0.170 e. The van der Waals surface area contributed by atoms with E-state index in [1.807, 2.05) is 6.07 Å². The van der Waals surface area contributed by atoms with Gasteiger partial charge in [0.05, 0.1) is 19.8 Å². The van der Waals surface area contributed by atoms with Crippen LogP contribution in [-0.2, 0) is 11.2 Å². The van der Waals surface area contributed by atoms with Gasteiger partial charge in [0, 0.05) is 24.3 Å². The van der Waals surface area contributed by atoms with E-state index in [4.69, 9.17) is 9.47 Å². The Balaban J connectivity index is 2.11. The third-order valence-corrected chi connectivity index (χ3v) is 4.47. The molecule has 0 spiro atoms. The largest absolute Gasteiger partial charge is 0.497 e. The molecule has 0 unspecified atom stereocenters. The van der Waals surface area contributed by atoms with Crippen LogP contribution in [0, 0.1) is 11.8 Å². The lowest BCUT2D eigenvalue weighted by Gasteiger charge is -2.34. The van der Waals surface area contributed by atoms with E-state index < -0.39 is 0 Å².